The zero-order valence-corrected chi connectivity index (χ0v) is 13.2. The van der Waals surface area contributed by atoms with Gasteiger partial charge in [0.2, 0.25) is 5.88 Å². The molecule has 2 unspecified atom stereocenters. The summed E-state index contributed by atoms with van der Waals surface area (Å²) in [6.45, 7) is 3.18. The number of aliphatic hydroxyl groups excluding tert-OH is 2. The van der Waals surface area contributed by atoms with E-state index in [2.05, 4.69) is 10.3 Å². The van der Waals surface area contributed by atoms with E-state index >= 15 is 0 Å². The molecule has 0 aliphatic heterocycles. The highest BCUT2D eigenvalue weighted by Crippen LogP contribution is 2.39. The predicted octanol–water partition coefficient (Wildman–Crippen LogP) is 1.41. The fourth-order valence-electron chi connectivity index (χ4n) is 3.35. The number of rotatable bonds is 6. The van der Waals surface area contributed by atoms with Crippen LogP contribution in [-0.2, 0) is 0 Å². The Bertz CT molecular complexity index is 494. The third kappa shape index (κ3) is 3.59. The molecule has 2 saturated carbocycles. The standard InChI is InChI=1S/C17H26N2O3/c1-12-4-2-7-16(19-12)22-11-17(8-14(20)15(21)9-17)10-18-13-5-3-6-13/h2,4,7,13-15,18,20-21H,3,5-6,8-11H2,1H3. The Hall–Kier alpha value is -1.17. The van der Waals surface area contributed by atoms with Crippen LogP contribution in [0.2, 0.25) is 0 Å². The van der Waals surface area contributed by atoms with Crippen LogP contribution in [0, 0.1) is 12.3 Å². The fraction of sp³-hybridized carbons (Fsp3) is 0.706. The van der Waals surface area contributed by atoms with Crippen LogP contribution in [0.3, 0.4) is 0 Å². The minimum absolute atomic E-state index is 0.222. The van der Waals surface area contributed by atoms with Crippen LogP contribution >= 0.6 is 0 Å². The second-order valence-corrected chi connectivity index (χ2v) is 6.96. The van der Waals surface area contributed by atoms with Gasteiger partial charge < -0.3 is 20.3 Å². The van der Waals surface area contributed by atoms with Gasteiger partial charge in [-0.3, -0.25) is 0 Å². The maximum Gasteiger partial charge on any atom is 0.213 e. The van der Waals surface area contributed by atoms with Crippen molar-refractivity contribution in [2.75, 3.05) is 13.2 Å². The molecule has 0 spiro atoms. The monoisotopic (exact) mass is 306 g/mol. The fourth-order valence-corrected chi connectivity index (χ4v) is 3.35. The molecule has 0 radical (unpaired) electrons. The van der Waals surface area contributed by atoms with Crippen molar-refractivity contribution in [2.45, 2.75) is 57.3 Å². The summed E-state index contributed by atoms with van der Waals surface area (Å²) in [5, 5.41) is 23.5. The molecule has 3 N–H and O–H groups in total. The van der Waals surface area contributed by atoms with Crippen molar-refractivity contribution >= 4 is 0 Å². The van der Waals surface area contributed by atoms with Crippen molar-refractivity contribution in [3.05, 3.63) is 23.9 Å². The lowest BCUT2D eigenvalue weighted by Gasteiger charge is -2.34. The first-order valence-electron chi connectivity index (χ1n) is 8.22. The number of aryl methyl sites for hydroxylation is 1. The maximum absolute atomic E-state index is 9.96. The van der Waals surface area contributed by atoms with Gasteiger partial charge in [-0.1, -0.05) is 12.5 Å². The Morgan fingerprint density at radius 1 is 1.27 bits per heavy atom. The van der Waals surface area contributed by atoms with Crippen LogP contribution in [0.15, 0.2) is 18.2 Å². The molecule has 22 heavy (non-hydrogen) atoms. The smallest absolute Gasteiger partial charge is 0.213 e. The van der Waals surface area contributed by atoms with Gasteiger partial charge in [0.1, 0.15) is 0 Å². The summed E-state index contributed by atoms with van der Waals surface area (Å²) in [5.74, 6) is 0.610. The quantitative estimate of drug-likeness (QED) is 0.741. The summed E-state index contributed by atoms with van der Waals surface area (Å²) in [5.41, 5.74) is 0.700. The first kappa shape index (κ1) is 15.7. The van der Waals surface area contributed by atoms with Crippen molar-refractivity contribution in [3.63, 3.8) is 0 Å². The molecule has 0 aromatic carbocycles. The number of hydrogen-bond acceptors (Lipinski definition) is 5. The van der Waals surface area contributed by atoms with Gasteiger partial charge >= 0.3 is 0 Å². The molecular weight excluding hydrogens is 280 g/mol. The molecule has 0 saturated heterocycles. The van der Waals surface area contributed by atoms with E-state index in [-0.39, 0.29) is 5.41 Å². The molecule has 2 fully saturated rings. The summed E-state index contributed by atoms with van der Waals surface area (Å²) in [6, 6.07) is 6.30. The van der Waals surface area contributed by atoms with Gasteiger partial charge in [0, 0.05) is 29.8 Å². The number of aromatic nitrogens is 1. The van der Waals surface area contributed by atoms with E-state index in [0.717, 1.165) is 12.2 Å². The number of hydrogen-bond donors (Lipinski definition) is 3. The lowest BCUT2D eigenvalue weighted by molar-refractivity contribution is 0.0438. The molecule has 2 atom stereocenters. The van der Waals surface area contributed by atoms with Gasteiger partial charge in [-0.15, -0.1) is 0 Å². The number of nitrogens with one attached hydrogen (secondary N) is 1. The summed E-state index contributed by atoms with van der Waals surface area (Å²) >= 11 is 0. The van der Waals surface area contributed by atoms with E-state index in [1.54, 1.807) is 0 Å². The minimum Gasteiger partial charge on any atom is -0.477 e. The lowest BCUT2D eigenvalue weighted by atomic mass is 9.85. The zero-order chi connectivity index (χ0) is 15.6. The zero-order valence-electron chi connectivity index (χ0n) is 13.2. The van der Waals surface area contributed by atoms with Crippen LogP contribution in [0.4, 0.5) is 0 Å². The number of aliphatic hydroxyl groups is 2. The topological polar surface area (TPSA) is 74.6 Å². The molecule has 0 bridgehead atoms. The SMILES string of the molecule is Cc1cccc(OCC2(CNC3CCC3)CC(O)C(O)C2)n1. The van der Waals surface area contributed by atoms with E-state index in [4.69, 9.17) is 4.74 Å². The number of pyridine rings is 1. The summed E-state index contributed by atoms with van der Waals surface area (Å²) in [7, 11) is 0. The first-order chi connectivity index (χ1) is 10.6. The molecule has 5 nitrogen and oxygen atoms in total. The van der Waals surface area contributed by atoms with Gasteiger partial charge in [0.25, 0.3) is 0 Å². The van der Waals surface area contributed by atoms with Crippen molar-refractivity contribution in [3.8, 4) is 5.88 Å². The molecule has 5 heteroatoms. The number of nitrogens with zero attached hydrogens (tertiary/aromatic N) is 1. The average Bonchev–Trinajstić information content (AvgIpc) is 2.71. The highest BCUT2D eigenvalue weighted by atomic mass is 16.5. The Morgan fingerprint density at radius 2 is 2.00 bits per heavy atom. The highest BCUT2D eigenvalue weighted by Gasteiger charge is 2.45. The molecular formula is C17H26N2O3. The van der Waals surface area contributed by atoms with Crippen molar-refractivity contribution in [1.82, 2.24) is 10.3 Å². The van der Waals surface area contributed by atoms with Gasteiger partial charge in [0.05, 0.1) is 18.8 Å². The molecule has 0 amide bonds. The largest absolute Gasteiger partial charge is 0.477 e. The van der Waals surface area contributed by atoms with Crippen LogP contribution in [0.25, 0.3) is 0 Å². The Kier molecular flexibility index (Phi) is 4.66. The van der Waals surface area contributed by atoms with Gasteiger partial charge in [0.15, 0.2) is 0 Å². The maximum atomic E-state index is 9.96. The molecule has 1 heterocycles. The van der Waals surface area contributed by atoms with E-state index in [1.165, 1.54) is 19.3 Å². The molecule has 1 aromatic rings. The van der Waals surface area contributed by atoms with Crippen LogP contribution in [0.1, 0.15) is 37.8 Å². The second-order valence-electron chi connectivity index (χ2n) is 6.96. The average molecular weight is 306 g/mol. The van der Waals surface area contributed by atoms with Crippen molar-refractivity contribution in [1.29, 1.82) is 0 Å². The summed E-state index contributed by atoms with van der Waals surface area (Å²) in [4.78, 5) is 4.36. The van der Waals surface area contributed by atoms with E-state index in [9.17, 15) is 10.2 Å². The van der Waals surface area contributed by atoms with Crippen molar-refractivity contribution in [2.24, 2.45) is 5.41 Å². The molecule has 2 aliphatic carbocycles. The van der Waals surface area contributed by atoms with E-state index in [1.807, 2.05) is 25.1 Å². The Labute approximate surface area is 131 Å². The summed E-state index contributed by atoms with van der Waals surface area (Å²) < 4.78 is 5.88. The summed E-state index contributed by atoms with van der Waals surface area (Å²) in [6.07, 6.45) is 3.57. The van der Waals surface area contributed by atoms with Gasteiger partial charge in [-0.25, -0.2) is 4.98 Å². The predicted molar refractivity (Wildman–Crippen MR) is 83.8 cm³/mol. The molecule has 122 valence electrons. The van der Waals surface area contributed by atoms with E-state index in [0.29, 0.717) is 31.4 Å². The van der Waals surface area contributed by atoms with E-state index < -0.39 is 12.2 Å². The van der Waals surface area contributed by atoms with Gasteiger partial charge in [-0.2, -0.15) is 0 Å². The minimum atomic E-state index is -0.655. The van der Waals surface area contributed by atoms with Crippen LogP contribution in [0.5, 0.6) is 5.88 Å². The first-order valence-corrected chi connectivity index (χ1v) is 8.22. The van der Waals surface area contributed by atoms with Crippen molar-refractivity contribution < 1.29 is 14.9 Å². The number of ether oxygens (including phenoxy) is 1. The molecule has 2 aliphatic rings. The second kappa shape index (κ2) is 6.52. The third-order valence-corrected chi connectivity index (χ3v) is 4.99. The lowest BCUT2D eigenvalue weighted by Crippen LogP contribution is -2.44. The third-order valence-electron chi connectivity index (χ3n) is 4.99. The molecule has 1 aromatic heterocycles. The van der Waals surface area contributed by atoms with Crippen LogP contribution < -0.4 is 10.1 Å². The normalized spacial score (nSPS) is 32.0. The Morgan fingerprint density at radius 3 is 2.59 bits per heavy atom. The van der Waals surface area contributed by atoms with Gasteiger partial charge in [-0.05, 0) is 38.7 Å². The van der Waals surface area contributed by atoms with Crippen LogP contribution in [-0.4, -0.2) is 46.6 Å². The molecule has 3 rings (SSSR count). The highest BCUT2D eigenvalue weighted by molar-refractivity contribution is 5.15. The Balaban J connectivity index is 1.62.